The molecule has 0 fully saturated rings. The van der Waals surface area contributed by atoms with Gasteiger partial charge in [-0.2, -0.15) is 0 Å². The fourth-order valence-corrected chi connectivity index (χ4v) is 2.88. The van der Waals surface area contributed by atoms with Gasteiger partial charge in [0.2, 0.25) is 17.6 Å². The highest BCUT2D eigenvalue weighted by Gasteiger charge is 2.15. The second-order valence-corrected chi connectivity index (χ2v) is 6.79. The smallest absolute Gasteiger partial charge is 0.263 e. The molecule has 4 aromatic heterocycles. The van der Waals surface area contributed by atoms with Crippen molar-refractivity contribution in [2.45, 2.75) is 0 Å². The normalized spacial score (nSPS) is 10.3. The van der Waals surface area contributed by atoms with E-state index in [2.05, 4.69) is 47.3 Å². The maximum atomic E-state index is 12.7. The summed E-state index contributed by atoms with van der Waals surface area (Å²) in [7, 11) is 6.69. The van der Waals surface area contributed by atoms with Gasteiger partial charge in [0.25, 0.3) is 5.91 Å². The fraction of sp³-hybridized carbons (Fsp3) is 0.190. The Morgan fingerprint density at radius 1 is 1.09 bits per heavy atom. The van der Waals surface area contributed by atoms with Crippen molar-refractivity contribution in [3.8, 4) is 23.6 Å². The molecule has 0 aliphatic heterocycles. The SMILES string of the molecule is COc1cn2c(C#Cc3nc(NC(=O)c4cncnc4OC)ccc3N(C)C)nnc2cn1. The molecule has 0 unspecified atom stereocenters. The van der Waals surface area contributed by atoms with Crippen LogP contribution in [-0.2, 0) is 0 Å². The maximum Gasteiger partial charge on any atom is 0.263 e. The molecular formula is C21H19N9O3. The number of carbonyl (C=O) groups excluding carboxylic acids is 1. The number of fused-ring (bicyclic) bond motifs is 1. The third-order valence-electron chi connectivity index (χ3n) is 4.48. The van der Waals surface area contributed by atoms with Crippen LogP contribution in [-0.4, -0.2) is 68.8 Å². The van der Waals surface area contributed by atoms with Gasteiger partial charge in [-0.3, -0.25) is 9.20 Å². The van der Waals surface area contributed by atoms with Gasteiger partial charge in [-0.1, -0.05) is 0 Å². The van der Waals surface area contributed by atoms with Gasteiger partial charge in [-0.05, 0) is 24.0 Å². The molecule has 0 aliphatic carbocycles. The van der Waals surface area contributed by atoms with Crippen LogP contribution in [0.1, 0.15) is 21.9 Å². The summed E-state index contributed by atoms with van der Waals surface area (Å²) in [5, 5.41) is 10.9. The van der Waals surface area contributed by atoms with Crippen LogP contribution in [0, 0.1) is 11.8 Å². The molecule has 0 saturated heterocycles. The number of nitrogens with one attached hydrogen (secondary N) is 1. The summed E-state index contributed by atoms with van der Waals surface area (Å²) in [6.07, 6.45) is 5.85. The number of anilines is 2. The fourth-order valence-electron chi connectivity index (χ4n) is 2.88. The van der Waals surface area contributed by atoms with Crippen LogP contribution in [0.3, 0.4) is 0 Å². The summed E-state index contributed by atoms with van der Waals surface area (Å²) < 4.78 is 11.9. The molecule has 4 heterocycles. The number of amides is 1. The van der Waals surface area contributed by atoms with E-state index in [0.717, 1.165) is 5.69 Å². The quantitative estimate of drug-likeness (QED) is 0.444. The Kier molecular flexibility index (Phi) is 5.94. The molecule has 0 spiro atoms. The minimum atomic E-state index is -0.459. The van der Waals surface area contributed by atoms with Crippen molar-refractivity contribution in [2.24, 2.45) is 0 Å². The zero-order chi connectivity index (χ0) is 23.4. The van der Waals surface area contributed by atoms with Gasteiger partial charge in [0.15, 0.2) is 5.65 Å². The summed E-state index contributed by atoms with van der Waals surface area (Å²) in [5.41, 5.74) is 1.91. The number of hydrogen-bond donors (Lipinski definition) is 1. The molecule has 4 rings (SSSR count). The molecule has 1 amide bonds. The highest BCUT2D eigenvalue weighted by atomic mass is 16.5. The third kappa shape index (κ3) is 4.47. The molecule has 0 bridgehead atoms. The van der Waals surface area contributed by atoms with E-state index in [1.54, 1.807) is 22.7 Å². The molecule has 12 nitrogen and oxygen atoms in total. The molecule has 0 aromatic carbocycles. The second-order valence-electron chi connectivity index (χ2n) is 6.79. The van der Waals surface area contributed by atoms with E-state index in [1.165, 1.54) is 32.9 Å². The molecule has 0 radical (unpaired) electrons. The van der Waals surface area contributed by atoms with Crippen molar-refractivity contribution in [1.82, 2.24) is 34.5 Å². The van der Waals surface area contributed by atoms with Crippen molar-refractivity contribution in [3.63, 3.8) is 0 Å². The number of aromatic nitrogens is 7. The van der Waals surface area contributed by atoms with Crippen LogP contribution in [0.5, 0.6) is 11.8 Å². The number of rotatable bonds is 5. The van der Waals surface area contributed by atoms with Crippen LogP contribution in [0.4, 0.5) is 11.5 Å². The van der Waals surface area contributed by atoms with Crippen LogP contribution in [0.15, 0.2) is 37.1 Å². The van der Waals surface area contributed by atoms with E-state index >= 15 is 0 Å². The lowest BCUT2D eigenvalue weighted by Gasteiger charge is -2.15. The van der Waals surface area contributed by atoms with Crippen molar-refractivity contribution < 1.29 is 14.3 Å². The van der Waals surface area contributed by atoms with Gasteiger partial charge < -0.3 is 19.7 Å². The number of carbonyl (C=O) groups is 1. The van der Waals surface area contributed by atoms with Crippen molar-refractivity contribution in [2.75, 3.05) is 38.5 Å². The molecule has 0 saturated carbocycles. The van der Waals surface area contributed by atoms with Gasteiger partial charge >= 0.3 is 0 Å². The lowest BCUT2D eigenvalue weighted by atomic mass is 10.2. The molecule has 166 valence electrons. The predicted molar refractivity (Wildman–Crippen MR) is 118 cm³/mol. The van der Waals surface area contributed by atoms with E-state index in [4.69, 9.17) is 9.47 Å². The summed E-state index contributed by atoms with van der Waals surface area (Å²) in [4.78, 5) is 31.0. The number of hydrogen-bond acceptors (Lipinski definition) is 10. The van der Waals surface area contributed by atoms with Gasteiger partial charge in [0, 0.05) is 20.3 Å². The number of methoxy groups -OCH3 is 2. The van der Waals surface area contributed by atoms with Crippen LogP contribution < -0.4 is 19.7 Å². The topological polar surface area (TPSA) is 133 Å². The van der Waals surface area contributed by atoms with E-state index in [-0.39, 0.29) is 11.4 Å². The largest absolute Gasteiger partial charge is 0.480 e. The molecular weight excluding hydrogens is 426 g/mol. The highest BCUT2D eigenvalue weighted by Crippen LogP contribution is 2.20. The second kappa shape index (κ2) is 9.15. The first-order valence-electron chi connectivity index (χ1n) is 9.60. The lowest BCUT2D eigenvalue weighted by Crippen LogP contribution is -2.17. The van der Waals surface area contributed by atoms with Gasteiger partial charge in [0.1, 0.15) is 23.4 Å². The van der Waals surface area contributed by atoms with Crippen molar-refractivity contribution >= 4 is 23.1 Å². The van der Waals surface area contributed by atoms with Crippen molar-refractivity contribution in [3.05, 3.63) is 54.1 Å². The van der Waals surface area contributed by atoms with Crippen LogP contribution >= 0.6 is 0 Å². The van der Waals surface area contributed by atoms with Gasteiger partial charge in [-0.25, -0.2) is 19.9 Å². The Morgan fingerprint density at radius 3 is 2.70 bits per heavy atom. The molecule has 1 N–H and O–H groups in total. The van der Waals surface area contributed by atoms with Gasteiger partial charge in [-0.15, -0.1) is 10.2 Å². The minimum Gasteiger partial charge on any atom is -0.480 e. The highest BCUT2D eigenvalue weighted by molar-refractivity contribution is 6.05. The molecule has 4 aromatic rings. The number of ether oxygens (including phenoxy) is 2. The first kappa shape index (κ1) is 21.4. The molecule has 0 aliphatic rings. The lowest BCUT2D eigenvalue weighted by molar-refractivity contribution is 0.102. The van der Waals surface area contributed by atoms with Crippen molar-refractivity contribution in [1.29, 1.82) is 0 Å². The average Bonchev–Trinajstić information content (AvgIpc) is 3.24. The summed E-state index contributed by atoms with van der Waals surface area (Å²) in [6.45, 7) is 0. The Morgan fingerprint density at radius 2 is 1.94 bits per heavy atom. The number of nitrogens with zero attached hydrogens (tertiary/aromatic N) is 8. The Balaban J connectivity index is 1.68. The van der Waals surface area contributed by atoms with E-state index in [0.29, 0.717) is 28.9 Å². The molecule has 12 heteroatoms. The summed E-state index contributed by atoms with van der Waals surface area (Å²) >= 11 is 0. The average molecular weight is 445 g/mol. The van der Waals surface area contributed by atoms with E-state index < -0.39 is 5.91 Å². The molecule has 33 heavy (non-hydrogen) atoms. The van der Waals surface area contributed by atoms with Crippen LogP contribution in [0.25, 0.3) is 5.65 Å². The Labute approximate surface area is 188 Å². The Bertz CT molecular complexity index is 1390. The third-order valence-corrected chi connectivity index (χ3v) is 4.48. The number of pyridine rings is 1. The Hall–Kier alpha value is -4.79. The predicted octanol–water partition coefficient (Wildman–Crippen LogP) is 1.04. The zero-order valence-electron chi connectivity index (χ0n) is 18.3. The van der Waals surface area contributed by atoms with Gasteiger partial charge in [0.05, 0.1) is 32.3 Å². The maximum absolute atomic E-state index is 12.7. The molecule has 0 atom stereocenters. The zero-order valence-corrected chi connectivity index (χ0v) is 18.3. The van der Waals surface area contributed by atoms with Crippen LogP contribution in [0.2, 0.25) is 0 Å². The van der Waals surface area contributed by atoms with E-state index in [9.17, 15) is 4.79 Å². The minimum absolute atomic E-state index is 0.163. The first-order valence-corrected chi connectivity index (χ1v) is 9.60. The first-order chi connectivity index (χ1) is 16.0. The summed E-state index contributed by atoms with van der Waals surface area (Å²) in [6, 6.07) is 3.48. The monoisotopic (exact) mass is 445 g/mol. The standard InChI is InChI=1S/C21H19N9O3/c1-29(2)15-6-7-16(26-20(31)13-9-22-12-24-21(13)33-4)25-14(15)5-8-17-27-28-18-10-23-19(32-3)11-30(17)18/h6-7,9-12H,1-4H3,(H,25,26,31). The summed E-state index contributed by atoms with van der Waals surface area (Å²) in [5.74, 6) is 6.79. The van der Waals surface area contributed by atoms with E-state index in [1.807, 2.05) is 19.0 Å².